The van der Waals surface area contributed by atoms with Crippen molar-refractivity contribution in [1.29, 1.82) is 0 Å². The number of fused-ring (bicyclic) bond motifs is 4. The van der Waals surface area contributed by atoms with Gasteiger partial charge in [-0.25, -0.2) is 0 Å². The summed E-state index contributed by atoms with van der Waals surface area (Å²) in [5.74, 6) is 0.211. The van der Waals surface area contributed by atoms with Gasteiger partial charge in [-0.2, -0.15) is 0 Å². The number of hydrogen-bond acceptors (Lipinski definition) is 4. The average Bonchev–Trinajstić information content (AvgIpc) is 3.10. The van der Waals surface area contributed by atoms with Crippen LogP contribution >= 0.6 is 0 Å². The molecule has 2 aromatic carbocycles. The maximum absolute atomic E-state index is 10.6. The third kappa shape index (κ3) is 3.17. The summed E-state index contributed by atoms with van der Waals surface area (Å²) in [4.78, 5) is 3.59. The van der Waals surface area contributed by atoms with Gasteiger partial charge < -0.3 is 26.2 Å². The molecule has 1 aromatic heterocycles. The van der Waals surface area contributed by atoms with E-state index in [0.717, 1.165) is 49.9 Å². The van der Waals surface area contributed by atoms with E-state index in [0.29, 0.717) is 0 Å². The summed E-state index contributed by atoms with van der Waals surface area (Å²) in [5, 5.41) is 25.5. The second-order valence-electron chi connectivity index (χ2n) is 9.44. The summed E-state index contributed by atoms with van der Waals surface area (Å²) in [7, 11) is 0. The molecular weight excluding hydrogens is 374 g/mol. The van der Waals surface area contributed by atoms with Crippen LogP contribution in [-0.2, 0) is 25.8 Å². The molecule has 3 aromatic rings. The molecule has 1 aliphatic heterocycles. The molecule has 0 bridgehead atoms. The smallest absolute Gasteiger partial charge is 0.130 e. The summed E-state index contributed by atoms with van der Waals surface area (Å²) < 4.78 is 0. The molecule has 5 rings (SSSR count). The van der Waals surface area contributed by atoms with Gasteiger partial charge in [0.2, 0.25) is 0 Å². The number of aromatic nitrogens is 1. The van der Waals surface area contributed by atoms with Gasteiger partial charge in [-0.15, -0.1) is 0 Å². The first kappa shape index (κ1) is 19.8. The van der Waals surface area contributed by atoms with E-state index in [9.17, 15) is 10.2 Å². The van der Waals surface area contributed by atoms with Gasteiger partial charge in [0.1, 0.15) is 6.23 Å². The second-order valence-corrected chi connectivity index (χ2v) is 9.44. The molecule has 0 amide bonds. The molecule has 1 aliphatic carbocycles. The summed E-state index contributed by atoms with van der Waals surface area (Å²) in [6.45, 7) is 5.70. The van der Waals surface area contributed by atoms with Crippen molar-refractivity contribution in [3.05, 3.63) is 58.3 Å². The van der Waals surface area contributed by atoms with Crippen molar-refractivity contribution < 1.29 is 10.2 Å². The number of nitrogens with two attached hydrogens (primary N) is 1. The van der Waals surface area contributed by atoms with Gasteiger partial charge in [0.05, 0.1) is 11.1 Å². The Morgan fingerprint density at radius 1 is 1.10 bits per heavy atom. The van der Waals surface area contributed by atoms with Gasteiger partial charge in [-0.1, -0.05) is 30.3 Å². The highest BCUT2D eigenvalue weighted by Crippen LogP contribution is 2.42. The lowest BCUT2D eigenvalue weighted by atomic mass is 9.77. The number of aryl methyl sites for hydroxylation is 1. The Labute approximate surface area is 177 Å². The van der Waals surface area contributed by atoms with E-state index < -0.39 is 11.8 Å². The SMILES string of the molecule is CC(C)(O)C1CCc2c([nH]c3c(C(N)O)ccc(-c4cccc5c4CCNC5)c23)C1. The molecule has 6 N–H and O–H groups in total. The number of rotatable bonds is 3. The van der Waals surface area contributed by atoms with Crippen LogP contribution in [0.2, 0.25) is 0 Å². The predicted octanol–water partition coefficient (Wildman–Crippen LogP) is 3.31. The van der Waals surface area contributed by atoms with Crippen LogP contribution < -0.4 is 11.1 Å². The zero-order valence-electron chi connectivity index (χ0n) is 17.8. The van der Waals surface area contributed by atoms with Gasteiger partial charge in [-0.05, 0) is 79.8 Å². The van der Waals surface area contributed by atoms with Crippen LogP contribution in [0.15, 0.2) is 30.3 Å². The van der Waals surface area contributed by atoms with Gasteiger partial charge in [0.25, 0.3) is 0 Å². The monoisotopic (exact) mass is 405 g/mol. The fraction of sp³-hybridized carbons (Fsp3) is 0.440. The summed E-state index contributed by atoms with van der Waals surface area (Å²) in [6, 6.07) is 10.7. The lowest BCUT2D eigenvalue weighted by molar-refractivity contribution is 0.0107. The van der Waals surface area contributed by atoms with E-state index in [2.05, 4.69) is 34.6 Å². The Morgan fingerprint density at radius 3 is 2.70 bits per heavy atom. The number of H-pyrrole nitrogens is 1. The highest BCUT2D eigenvalue weighted by atomic mass is 16.3. The molecule has 0 saturated heterocycles. The third-order valence-corrected chi connectivity index (χ3v) is 7.12. The molecule has 2 aliphatic rings. The number of benzene rings is 2. The number of aromatic amines is 1. The Balaban J connectivity index is 1.74. The van der Waals surface area contributed by atoms with Crippen molar-refractivity contribution in [2.24, 2.45) is 11.7 Å². The van der Waals surface area contributed by atoms with Crippen LogP contribution in [0.4, 0.5) is 0 Å². The maximum Gasteiger partial charge on any atom is 0.130 e. The van der Waals surface area contributed by atoms with E-state index in [1.54, 1.807) is 0 Å². The minimum Gasteiger partial charge on any atom is -0.390 e. The van der Waals surface area contributed by atoms with Crippen molar-refractivity contribution in [2.45, 2.75) is 57.9 Å². The van der Waals surface area contributed by atoms with E-state index in [-0.39, 0.29) is 5.92 Å². The van der Waals surface area contributed by atoms with Crippen LogP contribution in [0, 0.1) is 5.92 Å². The third-order valence-electron chi connectivity index (χ3n) is 7.12. The van der Waals surface area contributed by atoms with E-state index in [4.69, 9.17) is 5.73 Å². The molecule has 2 heterocycles. The quantitative estimate of drug-likeness (QED) is 0.432. The van der Waals surface area contributed by atoms with Crippen LogP contribution in [0.5, 0.6) is 0 Å². The van der Waals surface area contributed by atoms with E-state index >= 15 is 0 Å². The normalized spacial score (nSPS) is 20.1. The first-order chi connectivity index (χ1) is 14.3. The second kappa shape index (κ2) is 7.20. The minimum absolute atomic E-state index is 0.211. The minimum atomic E-state index is -1.03. The Morgan fingerprint density at radius 2 is 1.93 bits per heavy atom. The van der Waals surface area contributed by atoms with Crippen LogP contribution in [0.25, 0.3) is 22.0 Å². The molecular formula is C25H31N3O2. The van der Waals surface area contributed by atoms with Gasteiger partial charge >= 0.3 is 0 Å². The highest BCUT2D eigenvalue weighted by Gasteiger charge is 2.33. The van der Waals surface area contributed by atoms with Crippen LogP contribution in [0.1, 0.15) is 54.4 Å². The van der Waals surface area contributed by atoms with Crippen LogP contribution in [0.3, 0.4) is 0 Å². The number of hydrogen-bond donors (Lipinski definition) is 5. The molecule has 0 radical (unpaired) electrons. The van der Waals surface area contributed by atoms with Crippen LogP contribution in [-0.4, -0.2) is 27.3 Å². The summed E-state index contributed by atoms with van der Waals surface area (Å²) in [6.07, 6.45) is 2.67. The van der Waals surface area contributed by atoms with Gasteiger partial charge in [0.15, 0.2) is 0 Å². The molecule has 2 unspecified atom stereocenters. The van der Waals surface area contributed by atoms with E-state index in [1.807, 2.05) is 19.9 Å². The summed E-state index contributed by atoms with van der Waals surface area (Å²) >= 11 is 0. The fourth-order valence-corrected chi connectivity index (χ4v) is 5.42. The number of aliphatic hydroxyl groups excluding tert-OH is 1. The van der Waals surface area contributed by atoms with E-state index in [1.165, 1.54) is 38.9 Å². The average molecular weight is 406 g/mol. The molecule has 30 heavy (non-hydrogen) atoms. The van der Waals surface area contributed by atoms with Crippen molar-refractivity contribution >= 4 is 10.9 Å². The van der Waals surface area contributed by atoms with Gasteiger partial charge in [0, 0.05) is 23.2 Å². The number of nitrogens with one attached hydrogen (secondary N) is 2. The molecule has 0 saturated carbocycles. The topological polar surface area (TPSA) is 94.3 Å². The molecule has 5 nitrogen and oxygen atoms in total. The lowest BCUT2D eigenvalue weighted by Crippen LogP contribution is -2.34. The Hall–Kier alpha value is -2.18. The maximum atomic E-state index is 10.6. The van der Waals surface area contributed by atoms with Crippen molar-refractivity contribution in [2.75, 3.05) is 6.54 Å². The largest absolute Gasteiger partial charge is 0.390 e. The highest BCUT2D eigenvalue weighted by molar-refractivity contribution is 6.01. The molecule has 2 atom stereocenters. The first-order valence-electron chi connectivity index (χ1n) is 11.0. The molecule has 0 spiro atoms. The molecule has 158 valence electrons. The van der Waals surface area contributed by atoms with Crippen molar-refractivity contribution in [1.82, 2.24) is 10.3 Å². The molecule has 5 heteroatoms. The van der Waals surface area contributed by atoms with Crippen molar-refractivity contribution in [3.8, 4) is 11.1 Å². The fourth-order valence-electron chi connectivity index (χ4n) is 5.42. The standard InChI is InChI=1S/C25H31N3O2/c1-25(2,30)15-6-7-19-21(12-15)28-23-20(24(26)29)9-8-18(22(19)23)17-5-3-4-14-13-27-11-10-16(14)17/h3-5,8-9,15,24,27-30H,6-7,10-13,26H2,1-2H3. The Kier molecular flexibility index (Phi) is 4.75. The Bertz CT molecular complexity index is 1110. The lowest BCUT2D eigenvalue weighted by Gasteiger charge is -2.32. The zero-order chi connectivity index (χ0) is 21.0. The molecule has 0 fully saturated rings. The zero-order valence-corrected chi connectivity index (χ0v) is 17.8. The van der Waals surface area contributed by atoms with Crippen molar-refractivity contribution in [3.63, 3.8) is 0 Å². The summed E-state index contributed by atoms with van der Waals surface area (Å²) in [5.41, 5.74) is 14.6. The van der Waals surface area contributed by atoms with Gasteiger partial charge in [-0.3, -0.25) is 0 Å². The number of aliphatic hydroxyl groups is 2. The predicted molar refractivity (Wildman–Crippen MR) is 120 cm³/mol. The first-order valence-corrected chi connectivity index (χ1v) is 11.0.